The minimum Gasteiger partial charge on any atom is -0.493 e. The van der Waals surface area contributed by atoms with Crippen LogP contribution in [0.2, 0.25) is 0 Å². The van der Waals surface area contributed by atoms with Crippen LogP contribution in [0.15, 0.2) is 54.6 Å². The van der Waals surface area contributed by atoms with Crippen molar-refractivity contribution in [2.24, 2.45) is 0 Å². The molecule has 0 saturated carbocycles. The average molecular weight is 452 g/mol. The second-order valence-electron chi connectivity index (χ2n) is 8.15. The Balaban J connectivity index is 1.40. The van der Waals surface area contributed by atoms with E-state index < -0.39 is 0 Å². The number of nitrogens with zero attached hydrogens (tertiary/aromatic N) is 2. The molecular weight excluding hydrogens is 418 g/mol. The van der Waals surface area contributed by atoms with Gasteiger partial charge < -0.3 is 24.6 Å². The number of hydrogen-bond donors (Lipinski definition) is 1. The summed E-state index contributed by atoms with van der Waals surface area (Å²) >= 11 is 0. The number of amides is 2. The summed E-state index contributed by atoms with van der Waals surface area (Å²) in [6, 6.07) is 15.7. The first kappa shape index (κ1) is 24.2. The quantitative estimate of drug-likeness (QED) is 0.592. The highest BCUT2D eigenvalue weighted by Crippen LogP contribution is 2.29. The zero-order chi connectivity index (χ0) is 23.6. The highest BCUT2D eigenvalue weighted by atomic mass is 16.5. The molecule has 0 bridgehead atoms. The monoisotopic (exact) mass is 451 g/mol. The summed E-state index contributed by atoms with van der Waals surface area (Å²) in [5.74, 6) is 1.11. The van der Waals surface area contributed by atoms with E-state index in [1.54, 1.807) is 13.2 Å². The summed E-state index contributed by atoms with van der Waals surface area (Å²) in [5.41, 5.74) is 2.01. The number of carbonyl (C=O) groups is 2. The number of anilines is 1. The lowest BCUT2D eigenvalue weighted by atomic mass is 10.2. The smallest absolute Gasteiger partial charge is 0.244 e. The highest BCUT2D eigenvalue weighted by Gasteiger charge is 2.20. The van der Waals surface area contributed by atoms with Crippen molar-refractivity contribution in [2.75, 3.05) is 44.7 Å². The van der Waals surface area contributed by atoms with Crippen molar-refractivity contribution >= 4 is 23.6 Å². The zero-order valence-corrected chi connectivity index (χ0v) is 19.6. The molecule has 1 saturated heterocycles. The van der Waals surface area contributed by atoms with Gasteiger partial charge in [-0.15, -0.1) is 0 Å². The molecule has 2 aromatic rings. The number of ether oxygens (including phenoxy) is 2. The van der Waals surface area contributed by atoms with Crippen LogP contribution in [0.4, 0.5) is 5.69 Å². The Kier molecular flexibility index (Phi) is 8.75. The lowest BCUT2D eigenvalue weighted by Gasteiger charge is -2.36. The van der Waals surface area contributed by atoms with E-state index in [2.05, 4.69) is 22.3 Å². The van der Waals surface area contributed by atoms with E-state index in [1.165, 1.54) is 11.8 Å². The van der Waals surface area contributed by atoms with Crippen molar-refractivity contribution in [1.82, 2.24) is 10.2 Å². The third-order valence-electron chi connectivity index (χ3n) is 5.37. The predicted molar refractivity (Wildman–Crippen MR) is 131 cm³/mol. The molecule has 33 heavy (non-hydrogen) atoms. The van der Waals surface area contributed by atoms with Crippen molar-refractivity contribution in [2.45, 2.75) is 26.4 Å². The molecule has 1 heterocycles. The molecule has 0 atom stereocenters. The van der Waals surface area contributed by atoms with E-state index in [-0.39, 0.29) is 17.9 Å². The van der Waals surface area contributed by atoms with Gasteiger partial charge in [-0.3, -0.25) is 9.59 Å². The zero-order valence-electron chi connectivity index (χ0n) is 19.6. The third-order valence-corrected chi connectivity index (χ3v) is 5.37. The summed E-state index contributed by atoms with van der Waals surface area (Å²) < 4.78 is 11.1. The number of hydrogen-bond acceptors (Lipinski definition) is 5. The Morgan fingerprint density at radius 3 is 2.42 bits per heavy atom. The van der Waals surface area contributed by atoms with Crippen molar-refractivity contribution in [3.05, 3.63) is 60.2 Å². The number of nitrogens with one attached hydrogen (secondary N) is 1. The van der Waals surface area contributed by atoms with Crippen LogP contribution in [-0.2, 0) is 9.59 Å². The van der Waals surface area contributed by atoms with Crippen LogP contribution in [0.5, 0.6) is 11.5 Å². The maximum atomic E-state index is 12.5. The third kappa shape index (κ3) is 7.27. The molecule has 2 amide bonds. The van der Waals surface area contributed by atoms with Gasteiger partial charge in [-0.25, -0.2) is 0 Å². The maximum absolute atomic E-state index is 12.5. The Morgan fingerprint density at radius 2 is 1.76 bits per heavy atom. The first-order valence-corrected chi connectivity index (χ1v) is 11.3. The molecule has 1 fully saturated rings. The van der Waals surface area contributed by atoms with Crippen molar-refractivity contribution in [3.8, 4) is 11.5 Å². The van der Waals surface area contributed by atoms with Gasteiger partial charge in [-0.2, -0.15) is 0 Å². The molecule has 1 N–H and O–H groups in total. The van der Waals surface area contributed by atoms with E-state index >= 15 is 0 Å². The van der Waals surface area contributed by atoms with Crippen LogP contribution in [-0.4, -0.2) is 62.7 Å². The van der Waals surface area contributed by atoms with Crippen molar-refractivity contribution in [1.29, 1.82) is 0 Å². The molecule has 7 heteroatoms. The van der Waals surface area contributed by atoms with Gasteiger partial charge in [0.05, 0.1) is 13.2 Å². The fourth-order valence-corrected chi connectivity index (χ4v) is 3.67. The summed E-state index contributed by atoms with van der Waals surface area (Å²) in [7, 11) is 1.58. The standard InChI is InChI=1S/C26H33N3O4/c1-20(2)33-23-11-9-21(19-24(23)32-3)10-12-25(30)27-14-13-26(31)29-17-15-28(16-18-29)22-7-5-4-6-8-22/h4-12,19-20H,13-18H2,1-3H3,(H,27,30)/b12-10+. The molecule has 0 aliphatic carbocycles. The number of rotatable bonds is 9. The molecule has 1 aliphatic heterocycles. The maximum Gasteiger partial charge on any atom is 0.244 e. The Morgan fingerprint density at radius 1 is 1.03 bits per heavy atom. The molecular formula is C26H33N3O4. The van der Waals surface area contributed by atoms with Gasteiger partial charge in [0, 0.05) is 50.9 Å². The van der Waals surface area contributed by atoms with Gasteiger partial charge in [0.25, 0.3) is 0 Å². The number of methoxy groups -OCH3 is 1. The van der Waals surface area contributed by atoms with Gasteiger partial charge in [-0.05, 0) is 49.8 Å². The van der Waals surface area contributed by atoms with Crippen LogP contribution in [0.25, 0.3) is 6.08 Å². The van der Waals surface area contributed by atoms with Gasteiger partial charge in [-0.1, -0.05) is 24.3 Å². The van der Waals surface area contributed by atoms with Crippen LogP contribution in [0.1, 0.15) is 25.8 Å². The van der Waals surface area contributed by atoms with E-state index in [0.29, 0.717) is 37.6 Å². The number of benzene rings is 2. The fraction of sp³-hybridized carbons (Fsp3) is 0.385. The normalized spacial score (nSPS) is 13.9. The Bertz CT molecular complexity index is 951. The van der Waals surface area contributed by atoms with E-state index in [4.69, 9.17) is 9.47 Å². The first-order chi connectivity index (χ1) is 16.0. The summed E-state index contributed by atoms with van der Waals surface area (Å²) in [4.78, 5) is 28.8. The summed E-state index contributed by atoms with van der Waals surface area (Å²) in [6.45, 7) is 7.23. The summed E-state index contributed by atoms with van der Waals surface area (Å²) in [5, 5.41) is 2.78. The lowest BCUT2D eigenvalue weighted by Crippen LogP contribution is -2.49. The van der Waals surface area contributed by atoms with Crippen LogP contribution in [0, 0.1) is 0 Å². The topological polar surface area (TPSA) is 71.1 Å². The van der Waals surface area contributed by atoms with Gasteiger partial charge in [0.1, 0.15) is 0 Å². The molecule has 0 radical (unpaired) electrons. The molecule has 2 aromatic carbocycles. The SMILES string of the molecule is COc1cc(/C=C/C(=O)NCCC(=O)N2CCN(c3ccccc3)CC2)ccc1OC(C)C. The van der Waals surface area contributed by atoms with Gasteiger partial charge >= 0.3 is 0 Å². The molecule has 0 unspecified atom stereocenters. The van der Waals surface area contributed by atoms with Crippen LogP contribution < -0.4 is 19.7 Å². The van der Waals surface area contributed by atoms with Gasteiger partial charge in [0.15, 0.2) is 11.5 Å². The van der Waals surface area contributed by atoms with Crippen LogP contribution in [0.3, 0.4) is 0 Å². The predicted octanol–water partition coefficient (Wildman–Crippen LogP) is 3.35. The minimum absolute atomic E-state index is 0.0431. The largest absolute Gasteiger partial charge is 0.493 e. The molecule has 0 spiro atoms. The fourth-order valence-electron chi connectivity index (χ4n) is 3.67. The highest BCUT2D eigenvalue weighted by molar-refractivity contribution is 5.92. The molecule has 0 aromatic heterocycles. The number of carbonyl (C=O) groups excluding carboxylic acids is 2. The number of para-hydroxylation sites is 1. The minimum atomic E-state index is -0.238. The average Bonchev–Trinajstić information content (AvgIpc) is 2.83. The lowest BCUT2D eigenvalue weighted by molar-refractivity contribution is -0.131. The Labute approximate surface area is 196 Å². The Hall–Kier alpha value is -3.48. The first-order valence-electron chi connectivity index (χ1n) is 11.3. The number of piperazine rings is 1. The van der Waals surface area contributed by atoms with Crippen LogP contribution >= 0.6 is 0 Å². The van der Waals surface area contributed by atoms with Crippen molar-refractivity contribution < 1.29 is 19.1 Å². The van der Waals surface area contributed by atoms with E-state index in [0.717, 1.165) is 18.7 Å². The van der Waals surface area contributed by atoms with Gasteiger partial charge in [0.2, 0.25) is 11.8 Å². The van der Waals surface area contributed by atoms with E-state index in [1.807, 2.05) is 55.1 Å². The van der Waals surface area contributed by atoms with Crippen molar-refractivity contribution in [3.63, 3.8) is 0 Å². The summed E-state index contributed by atoms with van der Waals surface area (Å²) in [6.07, 6.45) is 3.50. The molecule has 3 rings (SSSR count). The van der Waals surface area contributed by atoms with E-state index in [9.17, 15) is 9.59 Å². The molecule has 176 valence electrons. The second kappa shape index (κ2) is 11.9. The second-order valence-corrected chi connectivity index (χ2v) is 8.15. The molecule has 7 nitrogen and oxygen atoms in total. The molecule has 1 aliphatic rings.